The van der Waals surface area contributed by atoms with Crippen molar-refractivity contribution in [3.8, 4) is 0 Å². The van der Waals surface area contributed by atoms with Gasteiger partial charge in [0.05, 0.1) is 5.60 Å². The normalized spacial score (nSPS) is 33.5. The Morgan fingerprint density at radius 2 is 2.18 bits per heavy atom. The van der Waals surface area contributed by atoms with Crippen LogP contribution in [0.25, 0.3) is 0 Å². The highest BCUT2D eigenvalue weighted by Crippen LogP contribution is 2.32. The molecule has 1 rings (SSSR count). The van der Waals surface area contributed by atoms with E-state index in [1.807, 2.05) is 0 Å². The molecule has 3 nitrogen and oxygen atoms in total. The molecule has 4 heteroatoms. The summed E-state index contributed by atoms with van der Waals surface area (Å²) in [6, 6.07) is 0. The Morgan fingerprint density at radius 3 is 2.36 bits per heavy atom. The predicted octanol–water partition coefficient (Wildman–Crippen LogP) is 1.07. The molecule has 1 aliphatic heterocycles. The Kier molecular flexibility index (Phi) is 1.84. The van der Waals surface area contributed by atoms with Gasteiger partial charge in [-0.15, -0.1) is 6.58 Å². The molecule has 0 aliphatic carbocycles. The van der Waals surface area contributed by atoms with E-state index in [4.69, 9.17) is 4.18 Å². The predicted molar refractivity (Wildman–Crippen MR) is 42.7 cm³/mol. The maximum absolute atomic E-state index is 11.1. The highest BCUT2D eigenvalue weighted by atomic mass is 32.2. The zero-order chi connectivity index (χ0) is 8.70. The van der Waals surface area contributed by atoms with Gasteiger partial charge in [0.1, 0.15) is 5.25 Å². The van der Waals surface area contributed by atoms with Crippen LogP contribution in [-0.2, 0) is 14.3 Å². The van der Waals surface area contributed by atoms with Gasteiger partial charge < -0.3 is 0 Å². The van der Waals surface area contributed by atoms with E-state index < -0.39 is 21.0 Å². The van der Waals surface area contributed by atoms with E-state index in [9.17, 15) is 8.42 Å². The lowest BCUT2D eigenvalue weighted by Crippen LogP contribution is -2.17. The van der Waals surface area contributed by atoms with Crippen molar-refractivity contribution in [2.24, 2.45) is 0 Å². The summed E-state index contributed by atoms with van der Waals surface area (Å²) in [5, 5.41) is -0.530. The molecule has 0 aromatic rings. The number of hydrogen-bond donors (Lipinski definition) is 0. The molecule has 0 amide bonds. The van der Waals surface area contributed by atoms with Crippen LogP contribution in [0.1, 0.15) is 20.3 Å². The van der Waals surface area contributed by atoms with Gasteiger partial charge in [0.2, 0.25) is 0 Å². The molecule has 1 heterocycles. The van der Waals surface area contributed by atoms with Gasteiger partial charge in [-0.1, -0.05) is 6.08 Å². The largest absolute Gasteiger partial charge is 0.274 e. The minimum Gasteiger partial charge on any atom is -0.264 e. The standard InChI is InChI=1S/C7H12O3S/c1-4-6-5-7(2,3)10-11(6,8)9/h4,6H,1,5H2,2-3H3. The summed E-state index contributed by atoms with van der Waals surface area (Å²) in [5.74, 6) is 0. The van der Waals surface area contributed by atoms with E-state index in [0.717, 1.165) is 0 Å². The van der Waals surface area contributed by atoms with Crippen LogP contribution in [0.2, 0.25) is 0 Å². The first-order valence-electron chi connectivity index (χ1n) is 3.44. The fourth-order valence-corrected chi connectivity index (χ4v) is 2.86. The Hall–Kier alpha value is -0.350. The van der Waals surface area contributed by atoms with Gasteiger partial charge in [-0.2, -0.15) is 8.42 Å². The minimum atomic E-state index is -3.36. The van der Waals surface area contributed by atoms with Gasteiger partial charge in [0.15, 0.2) is 0 Å². The van der Waals surface area contributed by atoms with Crippen LogP contribution in [-0.4, -0.2) is 19.3 Å². The minimum absolute atomic E-state index is 0.499. The van der Waals surface area contributed by atoms with Gasteiger partial charge >= 0.3 is 0 Å². The Morgan fingerprint density at radius 1 is 1.64 bits per heavy atom. The molecule has 0 bridgehead atoms. The first kappa shape index (κ1) is 8.74. The molecule has 1 aliphatic rings. The van der Waals surface area contributed by atoms with E-state index in [2.05, 4.69) is 6.58 Å². The zero-order valence-corrected chi connectivity index (χ0v) is 7.52. The van der Waals surface area contributed by atoms with Gasteiger partial charge in [-0.25, -0.2) is 0 Å². The Balaban J connectivity index is 2.97. The molecule has 0 radical (unpaired) electrons. The average molecular weight is 176 g/mol. The van der Waals surface area contributed by atoms with Crippen molar-refractivity contribution in [1.82, 2.24) is 0 Å². The van der Waals surface area contributed by atoms with Crippen LogP contribution in [0.15, 0.2) is 12.7 Å². The molecule has 0 spiro atoms. The molecular weight excluding hydrogens is 164 g/mol. The average Bonchev–Trinajstić information content (AvgIpc) is 1.99. The van der Waals surface area contributed by atoms with Crippen molar-refractivity contribution in [2.75, 3.05) is 0 Å². The second kappa shape index (κ2) is 2.32. The zero-order valence-electron chi connectivity index (χ0n) is 6.70. The summed E-state index contributed by atoms with van der Waals surface area (Å²) in [7, 11) is -3.36. The van der Waals surface area contributed by atoms with Crippen LogP contribution in [0, 0.1) is 0 Å². The molecule has 0 saturated carbocycles. The van der Waals surface area contributed by atoms with Gasteiger partial charge in [0, 0.05) is 0 Å². The topological polar surface area (TPSA) is 43.4 Å². The van der Waals surface area contributed by atoms with Crippen molar-refractivity contribution in [3.05, 3.63) is 12.7 Å². The van der Waals surface area contributed by atoms with E-state index >= 15 is 0 Å². The second-order valence-corrected chi connectivity index (χ2v) is 5.07. The van der Waals surface area contributed by atoms with Crippen molar-refractivity contribution in [2.45, 2.75) is 31.1 Å². The van der Waals surface area contributed by atoms with Crippen molar-refractivity contribution in [3.63, 3.8) is 0 Å². The molecule has 0 aromatic carbocycles. The molecule has 0 aromatic heterocycles. The molecule has 1 saturated heterocycles. The molecular formula is C7H12O3S. The molecule has 1 fully saturated rings. The van der Waals surface area contributed by atoms with Gasteiger partial charge in [-0.05, 0) is 20.3 Å². The van der Waals surface area contributed by atoms with E-state index in [0.29, 0.717) is 6.42 Å². The summed E-state index contributed by atoms with van der Waals surface area (Å²) in [6.45, 7) is 6.96. The van der Waals surface area contributed by atoms with E-state index in [1.165, 1.54) is 6.08 Å². The molecule has 1 atom stereocenters. The second-order valence-electron chi connectivity index (χ2n) is 3.31. The highest BCUT2D eigenvalue weighted by Gasteiger charge is 2.42. The number of hydrogen-bond acceptors (Lipinski definition) is 3. The number of rotatable bonds is 1. The monoisotopic (exact) mass is 176 g/mol. The van der Waals surface area contributed by atoms with Crippen LogP contribution < -0.4 is 0 Å². The third-order valence-corrected chi connectivity index (χ3v) is 3.45. The van der Waals surface area contributed by atoms with Gasteiger partial charge in [-0.3, -0.25) is 4.18 Å². The molecule has 0 N–H and O–H groups in total. The summed E-state index contributed by atoms with van der Waals surface area (Å²) in [6.07, 6.45) is 1.92. The van der Waals surface area contributed by atoms with E-state index in [-0.39, 0.29) is 0 Å². The molecule has 64 valence electrons. The fraction of sp³-hybridized carbons (Fsp3) is 0.714. The fourth-order valence-electron chi connectivity index (χ4n) is 1.20. The summed E-state index contributed by atoms with van der Waals surface area (Å²) >= 11 is 0. The summed E-state index contributed by atoms with van der Waals surface area (Å²) in [4.78, 5) is 0. The van der Waals surface area contributed by atoms with Crippen LogP contribution in [0.4, 0.5) is 0 Å². The lowest BCUT2D eigenvalue weighted by molar-refractivity contribution is 0.141. The van der Waals surface area contributed by atoms with Crippen LogP contribution >= 0.6 is 0 Å². The smallest absolute Gasteiger partial charge is 0.264 e. The third-order valence-electron chi connectivity index (χ3n) is 1.67. The lowest BCUT2D eigenvalue weighted by atomic mass is 10.0. The maximum Gasteiger partial charge on any atom is 0.274 e. The van der Waals surface area contributed by atoms with Crippen molar-refractivity contribution < 1.29 is 12.6 Å². The van der Waals surface area contributed by atoms with Crippen molar-refractivity contribution in [1.29, 1.82) is 0 Å². The van der Waals surface area contributed by atoms with Gasteiger partial charge in [0.25, 0.3) is 10.1 Å². The first-order chi connectivity index (χ1) is 4.87. The Bertz CT molecular complexity index is 263. The van der Waals surface area contributed by atoms with Crippen LogP contribution in [0.5, 0.6) is 0 Å². The van der Waals surface area contributed by atoms with Crippen molar-refractivity contribution >= 4 is 10.1 Å². The lowest BCUT2D eigenvalue weighted by Gasteiger charge is -2.12. The first-order valence-corrected chi connectivity index (χ1v) is 4.91. The van der Waals surface area contributed by atoms with Crippen LogP contribution in [0.3, 0.4) is 0 Å². The quantitative estimate of drug-likeness (QED) is 0.443. The highest BCUT2D eigenvalue weighted by molar-refractivity contribution is 7.87. The third kappa shape index (κ3) is 1.62. The summed E-state index contributed by atoms with van der Waals surface area (Å²) < 4.78 is 27.1. The van der Waals surface area contributed by atoms with E-state index in [1.54, 1.807) is 13.8 Å². The SMILES string of the molecule is C=CC1CC(C)(C)OS1(=O)=O. The Labute approximate surface area is 67.2 Å². The molecule has 1 unspecified atom stereocenters. The summed E-state index contributed by atoms with van der Waals surface area (Å²) in [5.41, 5.74) is -0.558. The molecule has 11 heavy (non-hydrogen) atoms. The maximum atomic E-state index is 11.1.